The lowest BCUT2D eigenvalue weighted by molar-refractivity contribution is 0.0945. The molecule has 1 aromatic rings. The number of aryl methyl sites for hydroxylation is 1. The molecule has 0 aromatic carbocycles. The Labute approximate surface area is 112 Å². The van der Waals surface area contributed by atoms with E-state index in [1.807, 2.05) is 18.7 Å². The number of hydrogen-bond acceptors (Lipinski definition) is 4. The average molecular weight is 268 g/mol. The molecule has 1 aromatic heterocycles. The molecule has 0 radical (unpaired) electrons. The molecular weight excluding hydrogens is 248 g/mol. The van der Waals surface area contributed by atoms with Gasteiger partial charge < -0.3 is 4.74 Å². The molecule has 0 saturated carbocycles. The third-order valence-corrected chi connectivity index (χ3v) is 4.45. The highest BCUT2D eigenvalue weighted by atomic mass is 32.2. The molecule has 0 aliphatic carbocycles. The van der Waals surface area contributed by atoms with Crippen molar-refractivity contribution in [3.63, 3.8) is 0 Å². The van der Waals surface area contributed by atoms with E-state index in [1.54, 1.807) is 18.0 Å². The van der Waals surface area contributed by atoms with Gasteiger partial charge in [-0.25, -0.2) is 0 Å². The molecule has 0 spiro atoms. The van der Waals surface area contributed by atoms with Gasteiger partial charge >= 0.3 is 0 Å². The summed E-state index contributed by atoms with van der Waals surface area (Å²) in [6.07, 6.45) is 4.56. The number of ether oxygens (including phenoxy) is 1. The molecule has 2 rings (SSSR count). The van der Waals surface area contributed by atoms with E-state index in [2.05, 4.69) is 5.10 Å². The highest BCUT2D eigenvalue weighted by Crippen LogP contribution is 2.28. The molecule has 0 N–H and O–H groups in total. The Hall–Kier alpha value is -0.970. The topological polar surface area (TPSA) is 44.1 Å². The van der Waals surface area contributed by atoms with Crippen LogP contribution in [0.5, 0.6) is 5.75 Å². The Morgan fingerprint density at radius 1 is 1.56 bits per heavy atom. The van der Waals surface area contributed by atoms with Crippen molar-refractivity contribution in [3.05, 3.63) is 11.9 Å². The van der Waals surface area contributed by atoms with Crippen molar-refractivity contribution in [2.75, 3.05) is 18.6 Å². The lowest BCUT2D eigenvalue weighted by Crippen LogP contribution is -2.17. The number of rotatable bonds is 5. The van der Waals surface area contributed by atoms with E-state index in [9.17, 15) is 4.79 Å². The zero-order valence-corrected chi connectivity index (χ0v) is 11.8. The van der Waals surface area contributed by atoms with Gasteiger partial charge in [-0.15, -0.1) is 0 Å². The number of aromatic nitrogens is 2. The Kier molecular flexibility index (Phi) is 4.69. The van der Waals surface area contributed by atoms with Crippen LogP contribution in [0.1, 0.15) is 36.7 Å². The van der Waals surface area contributed by atoms with Gasteiger partial charge in [0.15, 0.2) is 11.5 Å². The van der Waals surface area contributed by atoms with Crippen molar-refractivity contribution < 1.29 is 9.53 Å². The van der Waals surface area contributed by atoms with E-state index in [0.29, 0.717) is 30.3 Å². The summed E-state index contributed by atoms with van der Waals surface area (Å²) in [5.74, 6) is 3.67. The molecule has 1 fully saturated rings. The summed E-state index contributed by atoms with van der Waals surface area (Å²) >= 11 is 1.98. The summed E-state index contributed by atoms with van der Waals surface area (Å²) in [4.78, 5) is 12.4. The Morgan fingerprint density at radius 3 is 2.89 bits per heavy atom. The quantitative estimate of drug-likeness (QED) is 0.770. The van der Waals surface area contributed by atoms with Crippen LogP contribution in [0.2, 0.25) is 0 Å². The number of thioether (sulfide) groups is 1. The summed E-state index contributed by atoms with van der Waals surface area (Å²) < 4.78 is 6.96. The smallest absolute Gasteiger partial charge is 0.184 e. The first-order chi connectivity index (χ1) is 8.76. The van der Waals surface area contributed by atoms with E-state index in [1.165, 1.54) is 11.5 Å². The number of ketones is 1. The largest absolute Gasteiger partial charge is 0.493 e. The zero-order valence-electron chi connectivity index (χ0n) is 11.0. The lowest BCUT2D eigenvalue weighted by Gasteiger charge is -2.20. The van der Waals surface area contributed by atoms with Crippen LogP contribution in [0.25, 0.3) is 0 Å². The predicted octanol–water partition coefficient (Wildman–Crippen LogP) is 2.63. The summed E-state index contributed by atoms with van der Waals surface area (Å²) in [5.41, 5.74) is 0.637. The normalized spacial score (nSPS) is 16.8. The number of carbonyl (C=O) groups is 1. The molecule has 100 valence electrons. The number of Topliss-reactive ketones (excluding diaryl/α,β-unsaturated/α-hetero) is 1. The predicted molar refractivity (Wildman–Crippen MR) is 73.4 cm³/mol. The molecule has 5 heteroatoms. The number of carbonyl (C=O) groups excluding carboxylic acids is 1. The molecule has 1 aliphatic heterocycles. The molecule has 18 heavy (non-hydrogen) atoms. The highest BCUT2D eigenvalue weighted by molar-refractivity contribution is 7.99. The minimum Gasteiger partial charge on any atom is -0.493 e. The highest BCUT2D eigenvalue weighted by Gasteiger charge is 2.23. The van der Waals surface area contributed by atoms with E-state index in [4.69, 9.17) is 4.74 Å². The van der Waals surface area contributed by atoms with Crippen LogP contribution >= 0.6 is 11.8 Å². The molecule has 0 amide bonds. The maximum absolute atomic E-state index is 12.4. The van der Waals surface area contributed by atoms with Gasteiger partial charge in [-0.1, -0.05) is 0 Å². The molecule has 0 unspecified atom stereocenters. The second-order valence-corrected chi connectivity index (χ2v) is 5.79. The van der Waals surface area contributed by atoms with Crippen LogP contribution < -0.4 is 4.74 Å². The fraction of sp³-hybridized carbons (Fsp3) is 0.692. The first-order valence-corrected chi connectivity index (χ1v) is 7.62. The molecule has 1 aliphatic rings. The van der Waals surface area contributed by atoms with Gasteiger partial charge in [0.2, 0.25) is 0 Å². The molecule has 1 saturated heterocycles. The van der Waals surface area contributed by atoms with Gasteiger partial charge in [0.1, 0.15) is 5.69 Å². The molecule has 4 nitrogen and oxygen atoms in total. The number of methoxy groups -OCH3 is 1. The first-order valence-electron chi connectivity index (χ1n) is 6.47. The van der Waals surface area contributed by atoms with Crippen LogP contribution in [0.4, 0.5) is 0 Å². The van der Waals surface area contributed by atoms with Gasteiger partial charge in [-0.3, -0.25) is 9.48 Å². The van der Waals surface area contributed by atoms with Gasteiger partial charge in [0.05, 0.1) is 13.3 Å². The Bertz CT molecular complexity index is 390. The van der Waals surface area contributed by atoms with Crippen molar-refractivity contribution in [3.8, 4) is 5.75 Å². The third kappa shape index (κ3) is 2.88. The Morgan fingerprint density at radius 2 is 2.28 bits per heavy atom. The average Bonchev–Trinajstić information content (AvgIpc) is 2.82. The van der Waals surface area contributed by atoms with E-state index in [0.717, 1.165) is 12.8 Å². The third-order valence-electron chi connectivity index (χ3n) is 3.40. The van der Waals surface area contributed by atoms with Crippen LogP contribution in [0.3, 0.4) is 0 Å². The van der Waals surface area contributed by atoms with E-state index in [-0.39, 0.29) is 5.78 Å². The standard InChI is InChI=1S/C13H20N2O2S/c1-3-15-13(12(17-2)9-14-15)11(16)8-10-4-6-18-7-5-10/h9-10H,3-8H2,1-2H3. The lowest BCUT2D eigenvalue weighted by atomic mass is 9.95. The minimum atomic E-state index is 0.170. The van der Waals surface area contributed by atoms with Crippen molar-refractivity contribution in [2.24, 2.45) is 5.92 Å². The second-order valence-electron chi connectivity index (χ2n) is 4.56. The van der Waals surface area contributed by atoms with Gasteiger partial charge in [0.25, 0.3) is 0 Å². The molecular formula is C13H20N2O2S. The molecule has 0 atom stereocenters. The first kappa shape index (κ1) is 13.5. The van der Waals surface area contributed by atoms with Crippen molar-refractivity contribution in [2.45, 2.75) is 32.7 Å². The second kappa shape index (κ2) is 6.27. The number of nitrogens with zero attached hydrogens (tertiary/aromatic N) is 2. The summed E-state index contributed by atoms with van der Waals surface area (Å²) in [5, 5.41) is 4.19. The van der Waals surface area contributed by atoms with Crippen molar-refractivity contribution in [1.29, 1.82) is 0 Å². The maximum atomic E-state index is 12.4. The SMILES string of the molecule is CCn1ncc(OC)c1C(=O)CC1CCSCC1. The molecule has 2 heterocycles. The summed E-state index contributed by atoms with van der Waals surface area (Å²) in [6, 6.07) is 0. The van der Waals surface area contributed by atoms with Crippen molar-refractivity contribution in [1.82, 2.24) is 9.78 Å². The zero-order chi connectivity index (χ0) is 13.0. The van der Waals surface area contributed by atoms with Gasteiger partial charge in [-0.2, -0.15) is 16.9 Å². The summed E-state index contributed by atoms with van der Waals surface area (Å²) in [7, 11) is 1.59. The number of hydrogen-bond donors (Lipinski definition) is 0. The van der Waals surface area contributed by atoms with Gasteiger partial charge in [-0.05, 0) is 37.2 Å². The van der Waals surface area contributed by atoms with Crippen LogP contribution in [-0.4, -0.2) is 34.2 Å². The van der Waals surface area contributed by atoms with Crippen LogP contribution in [0.15, 0.2) is 6.20 Å². The maximum Gasteiger partial charge on any atom is 0.184 e. The minimum absolute atomic E-state index is 0.170. The fourth-order valence-electron chi connectivity index (χ4n) is 2.35. The van der Waals surface area contributed by atoms with Gasteiger partial charge in [0, 0.05) is 13.0 Å². The monoisotopic (exact) mass is 268 g/mol. The summed E-state index contributed by atoms with van der Waals surface area (Å²) in [6.45, 7) is 2.69. The Balaban J connectivity index is 2.09. The fourth-order valence-corrected chi connectivity index (χ4v) is 3.55. The van der Waals surface area contributed by atoms with Crippen LogP contribution in [0, 0.1) is 5.92 Å². The van der Waals surface area contributed by atoms with E-state index >= 15 is 0 Å². The van der Waals surface area contributed by atoms with Crippen molar-refractivity contribution >= 4 is 17.5 Å². The van der Waals surface area contributed by atoms with Crippen LogP contribution in [-0.2, 0) is 6.54 Å². The molecule has 0 bridgehead atoms. The van der Waals surface area contributed by atoms with E-state index < -0.39 is 0 Å².